The van der Waals surface area contributed by atoms with E-state index in [0.29, 0.717) is 12.6 Å². The maximum Gasteiger partial charge on any atom is 0.164 e. The van der Waals surface area contributed by atoms with Crippen LogP contribution in [0.1, 0.15) is 24.2 Å². The minimum absolute atomic E-state index is 0.367. The summed E-state index contributed by atoms with van der Waals surface area (Å²) in [6, 6.07) is 6.71. The summed E-state index contributed by atoms with van der Waals surface area (Å²) in [4.78, 5) is 4.15. The molecule has 21 heavy (non-hydrogen) atoms. The number of ether oxygens (including phenoxy) is 2. The standard InChI is InChI=1S/C15H20N4O2/c1-19-15(17-10-18-19)9-21-14-7-11(3-6-13(14)20-2)8-16-12-4-5-12/h3,6-7,10,12,16H,4-5,8-9H2,1-2H3. The lowest BCUT2D eigenvalue weighted by Gasteiger charge is -2.12. The van der Waals surface area contributed by atoms with Gasteiger partial charge < -0.3 is 14.8 Å². The SMILES string of the molecule is COc1ccc(CNC2CC2)cc1OCc1ncnn1C. The van der Waals surface area contributed by atoms with E-state index in [4.69, 9.17) is 9.47 Å². The van der Waals surface area contributed by atoms with E-state index in [1.807, 2.05) is 19.2 Å². The van der Waals surface area contributed by atoms with Crippen molar-refractivity contribution in [2.45, 2.75) is 32.0 Å². The van der Waals surface area contributed by atoms with Crippen LogP contribution >= 0.6 is 0 Å². The number of aromatic nitrogens is 3. The van der Waals surface area contributed by atoms with Gasteiger partial charge in [-0.25, -0.2) is 4.98 Å². The third kappa shape index (κ3) is 3.52. The van der Waals surface area contributed by atoms with Gasteiger partial charge in [0.1, 0.15) is 12.9 Å². The van der Waals surface area contributed by atoms with Gasteiger partial charge >= 0.3 is 0 Å². The minimum atomic E-state index is 0.367. The lowest BCUT2D eigenvalue weighted by molar-refractivity contribution is 0.271. The van der Waals surface area contributed by atoms with Gasteiger partial charge in [0.05, 0.1) is 7.11 Å². The molecule has 1 saturated carbocycles. The molecule has 0 spiro atoms. The van der Waals surface area contributed by atoms with Gasteiger partial charge in [0.25, 0.3) is 0 Å². The van der Waals surface area contributed by atoms with Crippen molar-refractivity contribution in [3.05, 3.63) is 35.9 Å². The van der Waals surface area contributed by atoms with Crippen LogP contribution in [0.2, 0.25) is 0 Å². The van der Waals surface area contributed by atoms with Crippen LogP contribution in [0.25, 0.3) is 0 Å². The molecule has 0 bridgehead atoms. The van der Waals surface area contributed by atoms with Crippen LogP contribution in [0.15, 0.2) is 24.5 Å². The largest absolute Gasteiger partial charge is 0.493 e. The Morgan fingerprint density at radius 1 is 1.33 bits per heavy atom. The van der Waals surface area contributed by atoms with Crippen LogP contribution in [0, 0.1) is 0 Å². The maximum atomic E-state index is 5.84. The lowest BCUT2D eigenvalue weighted by Crippen LogP contribution is -2.15. The van der Waals surface area contributed by atoms with Crippen molar-refractivity contribution in [3.63, 3.8) is 0 Å². The van der Waals surface area contributed by atoms with Crippen LogP contribution in [0.4, 0.5) is 0 Å². The normalized spacial score (nSPS) is 14.2. The third-order valence-electron chi connectivity index (χ3n) is 3.56. The first kappa shape index (κ1) is 13.9. The molecule has 0 amide bonds. The molecule has 1 aliphatic carbocycles. The summed E-state index contributed by atoms with van der Waals surface area (Å²) in [5.41, 5.74) is 1.19. The molecule has 0 unspecified atom stereocenters. The second-order valence-corrected chi connectivity index (χ2v) is 5.23. The average Bonchev–Trinajstić information content (AvgIpc) is 3.25. The lowest BCUT2D eigenvalue weighted by atomic mass is 10.2. The van der Waals surface area contributed by atoms with Crippen molar-refractivity contribution in [3.8, 4) is 11.5 Å². The summed E-state index contributed by atoms with van der Waals surface area (Å²) in [6.07, 6.45) is 4.09. The summed E-state index contributed by atoms with van der Waals surface area (Å²) >= 11 is 0. The van der Waals surface area contributed by atoms with E-state index in [1.165, 1.54) is 24.7 Å². The smallest absolute Gasteiger partial charge is 0.164 e. The summed E-state index contributed by atoms with van der Waals surface area (Å²) < 4.78 is 12.9. The Hall–Kier alpha value is -2.08. The first-order valence-corrected chi connectivity index (χ1v) is 7.12. The second kappa shape index (κ2) is 6.13. The highest BCUT2D eigenvalue weighted by molar-refractivity contribution is 5.43. The maximum absolute atomic E-state index is 5.84. The van der Waals surface area contributed by atoms with Gasteiger partial charge in [0.15, 0.2) is 17.3 Å². The Morgan fingerprint density at radius 3 is 2.86 bits per heavy atom. The van der Waals surface area contributed by atoms with Crippen LogP contribution in [-0.2, 0) is 20.2 Å². The topological polar surface area (TPSA) is 61.2 Å². The molecule has 0 atom stereocenters. The van der Waals surface area contributed by atoms with Crippen molar-refractivity contribution in [2.24, 2.45) is 7.05 Å². The molecule has 1 N–H and O–H groups in total. The summed E-state index contributed by atoms with van der Waals surface area (Å²) in [7, 11) is 3.49. The first-order valence-electron chi connectivity index (χ1n) is 7.12. The molecular weight excluding hydrogens is 268 g/mol. The zero-order valence-electron chi connectivity index (χ0n) is 12.4. The van der Waals surface area contributed by atoms with Crippen LogP contribution in [-0.4, -0.2) is 27.9 Å². The monoisotopic (exact) mass is 288 g/mol. The van der Waals surface area contributed by atoms with Gasteiger partial charge in [-0.2, -0.15) is 5.10 Å². The zero-order valence-corrected chi connectivity index (χ0v) is 12.4. The summed E-state index contributed by atoms with van der Waals surface area (Å²) in [5, 5.41) is 7.52. The molecule has 2 aromatic rings. The van der Waals surface area contributed by atoms with Crippen molar-refractivity contribution < 1.29 is 9.47 Å². The number of hydrogen-bond acceptors (Lipinski definition) is 5. The van der Waals surface area contributed by atoms with E-state index in [-0.39, 0.29) is 0 Å². The molecule has 1 fully saturated rings. The number of aryl methyl sites for hydroxylation is 1. The number of benzene rings is 1. The fraction of sp³-hybridized carbons (Fsp3) is 0.467. The molecular formula is C15H20N4O2. The quantitative estimate of drug-likeness (QED) is 0.839. The van der Waals surface area contributed by atoms with Crippen molar-refractivity contribution >= 4 is 0 Å². The molecule has 3 rings (SSSR count). The molecule has 1 aliphatic rings. The summed E-state index contributed by atoms with van der Waals surface area (Å²) in [5.74, 6) is 2.24. The van der Waals surface area contributed by atoms with Crippen LogP contribution in [0.3, 0.4) is 0 Å². The van der Waals surface area contributed by atoms with E-state index < -0.39 is 0 Å². The molecule has 1 aromatic heterocycles. The van der Waals surface area contributed by atoms with E-state index in [0.717, 1.165) is 23.9 Å². The first-order chi connectivity index (χ1) is 10.3. The predicted octanol–water partition coefficient (Wildman–Crippen LogP) is 1.65. The van der Waals surface area contributed by atoms with Gasteiger partial charge in [-0.15, -0.1) is 0 Å². The van der Waals surface area contributed by atoms with Gasteiger partial charge in [-0.1, -0.05) is 6.07 Å². The van der Waals surface area contributed by atoms with Crippen LogP contribution in [0.5, 0.6) is 11.5 Å². The number of nitrogens with zero attached hydrogens (tertiary/aromatic N) is 3. The highest BCUT2D eigenvalue weighted by Crippen LogP contribution is 2.29. The molecule has 0 aliphatic heterocycles. The molecule has 1 heterocycles. The highest BCUT2D eigenvalue weighted by Gasteiger charge is 2.20. The molecule has 6 nitrogen and oxygen atoms in total. The minimum Gasteiger partial charge on any atom is -0.493 e. The van der Waals surface area contributed by atoms with E-state index in [2.05, 4.69) is 21.5 Å². The van der Waals surface area contributed by atoms with Gasteiger partial charge in [0, 0.05) is 19.6 Å². The summed E-state index contributed by atoms with van der Waals surface area (Å²) in [6.45, 7) is 1.22. The number of hydrogen-bond donors (Lipinski definition) is 1. The Balaban J connectivity index is 1.68. The van der Waals surface area contributed by atoms with E-state index >= 15 is 0 Å². The fourth-order valence-electron chi connectivity index (χ4n) is 2.09. The predicted molar refractivity (Wildman–Crippen MR) is 78.2 cm³/mol. The Labute approximate surface area is 124 Å². The number of rotatable bonds is 7. The average molecular weight is 288 g/mol. The molecule has 0 saturated heterocycles. The Kier molecular flexibility index (Phi) is 4.06. The van der Waals surface area contributed by atoms with Gasteiger partial charge in [0.2, 0.25) is 0 Å². The Bertz CT molecular complexity index is 607. The van der Waals surface area contributed by atoms with Crippen molar-refractivity contribution in [2.75, 3.05) is 7.11 Å². The number of methoxy groups -OCH3 is 1. The third-order valence-corrected chi connectivity index (χ3v) is 3.56. The second-order valence-electron chi connectivity index (χ2n) is 5.23. The van der Waals surface area contributed by atoms with E-state index in [9.17, 15) is 0 Å². The van der Waals surface area contributed by atoms with Crippen molar-refractivity contribution in [1.29, 1.82) is 0 Å². The van der Waals surface area contributed by atoms with Crippen molar-refractivity contribution in [1.82, 2.24) is 20.1 Å². The molecule has 0 radical (unpaired) electrons. The Morgan fingerprint density at radius 2 is 2.19 bits per heavy atom. The van der Waals surface area contributed by atoms with Gasteiger partial charge in [-0.3, -0.25) is 4.68 Å². The molecule has 1 aromatic carbocycles. The van der Waals surface area contributed by atoms with E-state index in [1.54, 1.807) is 11.8 Å². The molecule has 112 valence electrons. The number of nitrogens with one attached hydrogen (secondary N) is 1. The highest BCUT2D eigenvalue weighted by atomic mass is 16.5. The fourth-order valence-corrected chi connectivity index (χ4v) is 2.09. The zero-order chi connectivity index (χ0) is 14.7. The molecule has 6 heteroatoms. The van der Waals surface area contributed by atoms with Gasteiger partial charge in [-0.05, 0) is 30.5 Å². The van der Waals surface area contributed by atoms with Crippen LogP contribution < -0.4 is 14.8 Å².